The second-order valence-corrected chi connectivity index (χ2v) is 11.9. The Morgan fingerprint density at radius 2 is 1.50 bits per heavy atom. The number of rotatable bonds is 8. The van der Waals surface area contributed by atoms with Crippen LogP contribution in [-0.2, 0) is 24.9 Å². The summed E-state index contributed by atoms with van der Waals surface area (Å²) in [6, 6.07) is 18.4. The fraction of sp³-hybridized carbons (Fsp3) is 0.432. The molecule has 1 aromatic heterocycles. The number of aromatic nitrogens is 2. The molecule has 0 spiro atoms. The summed E-state index contributed by atoms with van der Waals surface area (Å²) in [5.41, 5.74) is 6.03. The zero-order chi connectivity index (χ0) is 30.5. The van der Waals surface area contributed by atoms with Crippen LogP contribution in [0.2, 0.25) is 0 Å². The maximum atomic E-state index is 12.2. The minimum atomic E-state index is -0.337. The molecule has 0 unspecified atom stereocenters. The van der Waals surface area contributed by atoms with E-state index in [-0.39, 0.29) is 42.5 Å². The molecule has 4 nitrogen and oxygen atoms in total. The Balaban J connectivity index is 0.000000307. The number of fused-ring (bicyclic) bond motifs is 3. The summed E-state index contributed by atoms with van der Waals surface area (Å²) < 4.78 is 0. The van der Waals surface area contributed by atoms with Gasteiger partial charge in [0.2, 0.25) is 0 Å². The Morgan fingerprint density at radius 1 is 0.881 bits per heavy atom. The van der Waals surface area contributed by atoms with Gasteiger partial charge in [-0.05, 0) is 61.6 Å². The van der Waals surface area contributed by atoms with Crippen LogP contribution in [0.4, 0.5) is 0 Å². The maximum Gasteiger partial charge on any atom is 0.164 e. The molecule has 0 bridgehead atoms. The smallest absolute Gasteiger partial charge is 0.164 e. The van der Waals surface area contributed by atoms with Crippen LogP contribution >= 0.6 is 0 Å². The van der Waals surface area contributed by atoms with Gasteiger partial charge in [-0.2, -0.15) is 0 Å². The van der Waals surface area contributed by atoms with Gasteiger partial charge in [-0.15, -0.1) is 34.9 Å². The van der Waals surface area contributed by atoms with Crippen molar-refractivity contribution in [2.45, 2.75) is 94.9 Å². The van der Waals surface area contributed by atoms with E-state index in [4.69, 9.17) is 9.97 Å². The minimum Gasteiger partial charge on any atom is -0.512 e. The van der Waals surface area contributed by atoms with E-state index in [1.54, 1.807) is 0 Å². The van der Waals surface area contributed by atoms with Crippen molar-refractivity contribution in [3.05, 3.63) is 82.9 Å². The zero-order valence-electron chi connectivity index (χ0n) is 27.0. The summed E-state index contributed by atoms with van der Waals surface area (Å²) >= 11 is 0. The second-order valence-electron chi connectivity index (χ2n) is 11.9. The first-order valence-corrected chi connectivity index (χ1v) is 15.0. The molecular weight excluding hydrogens is 697 g/mol. The fourth-order valence-electron chi connectivity index (χ4n) is 5.17. The second kappa shape index (κ2) is 14.5. The molecule has 0 aliphatic rings. The predicted octanol–water partition coefficient (Wildman–Crippen LogP) is 10.1. The third-order valence-corrected chi connectivity index (χ3v) is 9.03. The quantitative estimate of drug-likeness (QED) is 0.0845. The van der Waals surface area contributed by atoms with Crippen LogP contribution in [0.5, 0.6) is 0 Å². The van der Waals surface area contributed by atoms with Crippen molar-refractivity contribution in [3.63, 3.8) is 0 Å². The molecule has 4 aromatic rings. The summed E-state index contributed by atoms with van der Waals surface area (Å²) in [7, 11) is 0. The van der Waals surface area contributed by atoms with Gasteiger partial charge in [0.1, 0.15) is 11.6 Å². The Bertz CT molecular complexity index is 1560. The Morgan fingerprint density at radius 3 is 2.07 bits per heavy atom. The van der Waals surface area contributed by atoms with E-state index in [0.29, 0.717) is 0 Å². The van der Waals surface area contributed by atoms with Crippen LogP contribution in [0.3, 0.4) is 0 Å². The number of aryl methyl sites for hydroxylation is 4. The summed E-state index contributed by atoms with van der Waals surface area (Å²) in [4.78, 5) is 21.7. The van der Waals surface area contributed by atoms with Gasteiger partial charge in [0.05, 0.1) is 5.52 Å². The van der Waals surface area contributed by atoms with Crippen LogP contribution < -0.4 is 0 Å². The van der Waals surface area contributed by atoms with Crippen molar-refractivity contribution in [1.29, 1.82) is 0 Å². The first-order chi connectivity index (χ1) is 19.3. The third kappa shape index (κ3) is 7.54. The topological polar surface area (TPSA) is 63.1 Å². The van der Waals surface area contributed by atoms with E-state index in [9.17, 15) is 9.90 Å². The Labute approximate surface area is 266 Å². The molecule has 4 rings (SSSR count). The number of allylic oxidation sites excluding steroid dienone is 2. The molecule has 1 radical (unpaired) electrons. The van der Waals surface area contributed by atoms with Gasteiger partial charge in [0.25, 0.3) is 0 Å². The Kier molecular flexibility index (Phi) is 12.2. The molecule has 42 heavy (non-hydrogen) atoms. The maximum absolute atomic E-state index is 12.2. The Hall–Kier alpha value is -2.88. The fourth-order valence-corrected chi connectivity index (χ4v) is 5.17. The van der Waals surface area contributed by atoms with Gasteiger partial charge in [0, 0.05) is 42.4 Å². The van der Waals surface area contributed by atoms with Gasteiger partial charge in [-0.25, -0.2) is 4.98 Å². The molecule has 0 saturated carbocycles. The monoisotopic (exact) mass is 744 g/mol. The molecule has 227 valence electrons. The molecule has 0 atom stereocenters. The van der Waals surface area contributed by atoms with Gasteiger partial charge < -0.3 is 5.11 Å². The zero-order valence-corrected chi connectivity index (χ0v) is 29.4. The summed E-state index contributed by atoms with van der Waals surface area (Å²) in [6.45, 7) is 20.4. The number of ketones is 1. The van der Waals surface area contributed by atoms with Crippen LogP contribution in [0.15, 0.2) is 54.3 Å². The molecular formula is C37H47IrN2O2-. The number of carbonyl (C=O) groups is 1. The largest absolute Gasteiger partial charge is 0.512 e. The minimum absolute atomic E-state index is 0. The van der Waals surface area contributed by atoms with Crippen molar-refractivity contribution >= 4 is 27.5 Å². The number of benzene rings is 3. The van der Waals surface area contributed by atoms with E-state index in [2.05, 4.69) is 69.3 Å². The number of aliphatic hydroxyl groups excluding tert-OH is 1. The van der Waals surface area contributed by atoms with Crippen LogP contribution in [-0.4, -0.2) is 20.9 Å². The van der Waals surface area contributed by atoms with E-state index in [1.165, 1.54) is 28.0 Å². The normalized spacial score (nSPS) is 12.1. The average molecular weight is 744 g/mol. The van der Waals surface area contributed by atoms with Crippen molar-refractivity contribution < 1.29 is 30.0 Å². The van der Waals surface area contributed by atoms with E-state index >= 15 is 0 Å². The number of nitrogens with zero attached hydrogens (tertiary/aromatic N) is 2. The van der Waals surface area contributed by atoms with Crippen molar-refractivity contribution in [2.75, 3.05) is 0 Å². The third-order valence-electron chi connectivity index (χ3n) is 9.03. The molecule has 3 aromatic carbocycles. The first kappa shape index (κ1) is 35.3. The standard InChI is InChI=1S/C22H19N2.C15H28O2.Ir/c1-13-10-14(2)12-18(11-13)21-19-9-8-17-7-5-6-15(3)20(17)22(19)24-16(4)23-21;1-7-14(5,8-2)12(16)11-13(17)15(6,9-3)10-4;/h5-11H,1-4H3;11,16H,7-10H2,1-6H3;/q-1;;/b;12-11-;. The summed E-state index contributed by atoms with van der Waals surface area (Å²) in [5, 5.41) is 13.7. The number of aliphatic hydroxyl groups is 1. The molecule has 0 fully saturated rings. The molecule has 1 N–H and O–H groups in total. The van der Waals surface area contributed by atoms with Gasteiger partial charge in [-0.3, -0.25) is 9.78 Å². The van der Waals surface area contributed by atoms with Crippen LogP contribution in [0, 0.1) is 44.6 Å². The van der Waals surface area contributed by atoms with E-state index in [0.717, 1.165) is 59.2 Å². The van der Waals surface area contributed by atoms with E-state index < -0.39 is 0 Å². The first-order valence-electron chi connectivity index (χ1n) is 15.0. The summed E-state index contributed by atoms with van der Waals surface area (Å²) in [6.07, 6.45) is 4.75. The van der Waals surface area contributed by atoms with Crippen LogP contribution in [0.25, 0.3) is 32.9 Å². The number of hydrogen-bond donors (Lipinski definition) is 1. The molecule has 0 aliphatic heterocycles. The SMILES string of the molecule is CCC(C)(CC)C(=O)/C=C(\O)C(C)(CC)CC.Cc1[c-]c(-c2nc(C)nc3c2ccc2cccc(C)c23)cc(C)c1.[Ir]. The van der Waals surface area contributed by atoms with Gasteiger partial charge >= 0.3 is 0 Å². The van der Waals surface area contributed by atoms with Crippen molar-refractivity contribution in [3.8, 4) is 11.3 Å². The molecule has 0 saturated heterocycles. The number of carbonyl (C=O) groups excluding carboxylic acids is 1. The van der Waals surface area contributed by atoms with Gasteiger partial charge in [0.15, 0.2) is 5.78 Å². The molecule has 5 heteroatoms. The summed E-state index contributed by atoms with van der Waals surface area (Å²) in [5.74, 6) is 1.08. The average Bonchev–Trinajstić information content (AvgIpc) is 2.95. The molecule has 1 heterocycles. The van der Waals surface area contributed by atoms with Crippen molar-refractivity contribution in [1.82, 2.24) is 9.97 Å². The van der Waals surface area contributed by atoms with E-state index in [1.807, 2.05) is 48.5 Å². The van der Waals surface area contributed by atoms with Crippen LogP contribution in [0.1, 0.15) is 89.7 Å². The van der Waals surface area contributed by atoms with Crippen molar-refractivity contribution in [2.24, 2.45) is 10.8 Å². The van der Waals surface area contributed by atoms with Gasteiger partial charge in [-0.1, -0.05) is 85.7 Å². The molecule has 0 amide bonds. The predicted molar refractivity (Wildman–Crippen MR) is 173 cm³/mol. The number of hydrogen-bond acceptors (Lipinski definition) is 4. The molecule has 0 aliphatic carbocycles.